The predicted molar refractivity (Wildman–Crippen MR) is 236 cm³/mol. The minimum Gasteiger partial charge on any atom is -0.310 e. The van der Waals surface area contributed by atoms with Crippen LogP contribution >= 0.6 is 0 Å². The van der Waals surface area contributed by atoms with Gasteiger partial charge in [-0.1, -0.05) is 158 Å². The van der Waals surface area contributed by atoms with Crippen LogP contribution in [0.4, 0.5) is 34.1 Å². The summed E-state index contributed by atoms with van der Waals surface area (Å²) in [5.41, 5.74) is 12.9. The van der Waals surface area contributed by atoms with E-state index in [9.17, 15) is 5.26 Å². The Morgan fingerprint density at radius 1 is 0.356 bits per heavy atom. The third kappa shape index (κ3) is 5.22. The van der Waals surface area contributed by atoms with Crippen LogP contribution in [0.2, 0.25) is 0 Å². The second-order valence-corrected chi connectivity index (χ2v) is 14.7. The normalized spacial score (nSPS) is 13.1. The van der Waals surface area contributed by atoms with Gasteiger partial charge in [0.2, 0.25) is 0 Å². The van der Waals surface area contributed by atoms with Gasteiger partial charge in [0.05, 0.1) is 51.0 Å². The molecule has 11 rings (SSSR count). The lowest BCUT2D eigenvalue weighted by molar-refractivity contribution is 0.719. The van der Waals surface area contributed by atoms with Crippen LogP contribution in [-0.2, 0) is 5.41 Å². The molecular weight excluding hydrogens is 721 g/mol. The summed E-state index contributed by atoms with van der Waals surface area (Å²) >= 11 is 0. The second-order valence-electron chi connectivity index (χ2n) is 14.7. The van der Waals surface area contributed by atoms with Gasteiger partial charge in [0.1, 0.15) is 0 Å². The van der Waals surface area contributed by atoms with Crippen molar-refractivity contribution in [3.8, 4) is 40.2 Å². The Labute approximate surface area is 342 Å². The molecule has 1 aromatic heterocycles. The molecule has 0 radical (unpaired) electrons. The average molecular weight is 755 g/mol. The highest BCUT2D eigenvalue weighted by Crippen LogP contribution is 2.64. The van der Waals surface area contributed by atoms with Gasteiger partial charge in [-0.3, -0.25) is 0 Å². The molecule has 0 atom stereocenters. The van der Waals surface area contributed by atoms with E-state index in [1.54, 1.807) is 0 Å². The summed E-state index contributed by atoms with van der Waals surface area (Å²) < 4.78 is 0. The Kier molecular flexibility index (Phi) is 7.99. The minimum atomic E-state index is -0.691. The summed E-state index contributed by atoms with van der Waals surface area (Å²) in [6, 6.07) is 73.9. The van der Waals surface area contributed by atoms with E-state index in [-0.39, 0.29) is 0 Å². The molecule has 3 heterocycles. The first-order chi connectivity index (χ1) is 29.3. The molecule has 9 aromatic rings. The van der Waals surface area contributed by atoms with Crippen LogP contribution in [0, 0.1) is 11.3 Å². The van der Waals surface area contributed by atoms with Crippen LogP contribution in [0.25, 0.3) is 34.2 Å². The maximum atomic E-state index is 10.9. The predicted octanol–water partition coefficient (Wildman–Crippen LogP) is 12.7. The summed E-state index contributed by atoms with van der Waals surface area (Å²) in [6.45, 7) is 0. The van der Waals surface area contributed by atoms with Crippen molar-refractivity contribution in [1.29, 1.82) is 5.26 Å². The average Bonchev–Trinajstić information content (AvgIpc) is 3.32. The molecule has 0 N–H and O–H groups in total. The summed E-state index contributed by atoms with van der Waals surface area (Å²) in [6.07, 6.45) is 0. The Morgan fingerprint density at radius 2 is 0.729 bits per heavy atom. The van der Waals surface area contributed by atoms with E-state index in [2.05, 4.69) is 149 Å². The Balaban J connectivity index is 1.20. The molecule has 8 aromatic carbocycles. The van der Waals surface area contributed by atoms with Gasteiger partial charge in [-0.25, -0.2) is 15.0 Å². The standard InChI is InChI=1S/C53H34N6/c54-35-38-23-18-34-48(49(38)52-56-50(36-19-4-1-5-20-36)55-51(57-52)37-21-6-2-7-22-37)59-46-32-16-12-28-42(46)53(43-29-13-17-33-47(43)59)40-26-10-14-30-44(40)58(39-24-8-3-9-25-39)45-31-15-11-27-41(45)53/h1-34H. The number of nitrogens with zero attached hydrogens (tertiary/aromatic N) is 6. The van der Waals surface area contributed by atoms with Crippen molar-refractivity contribution < 1.29 is 0 Å². The lowest BCUT2D eigenvalue weighted by atomic mass is 9.60. The van der Waals surface area contributed by atoms with Crippen LogP contribution in [0.5, 0.6) is 0 Å². The number of anilines is 6. The monoisotopic (exact) mass is 754 g/mol. The fourth-order valence-corrected chi connectivity index (χ4v) is 9.16. The molecule has 6 heteroatoms. The molecule has 6 nitrogen and oxygen atoms in total. The number of nitriles is 1. The van der Waals surface area contributed by atoms with Crippen molar-refractivity contribution in [2.24, 2.45) is 0 Å². The molecule has 276 valence electrons. The van der Waals surface area contributed by atoms with Gasteiger partial charge in [0.25, 0.3) is 0 Å². The first kappa shape index (κ1) is 34.1. The number of para-hydroxylation sites is 5. The summed E-state index contributed by atoms with van der Waals surface area (Å²) in [7, 11) is 0. The van der Waals surface area contributed by atoms with Crippen molar-refractivity contribution in [3.63, 3.8) is 0 Å². The van der Waals surface area contributed by atoms with E-state index in [1.807, 2.05) is 72.8 Å². The fraction of sp³-hybridized carbons (Fsp3) is 0.0189. The molecule has 2 aliphatic rings. The maximum absolute atomic E-state index is 10.9. The molecule has 0 saturated carbocycles. The zero-order valence-electron chi connectivity index (χ0n) is 31.8. The van der Waals surface area contributed by atoms with Crippen LogP contribution in [0.15, 0.2) is 206 Å². The lowest BCUT2D eigenvalue weighted by Crippen LogP contribution is -2.42. The molecule has 0 fully saturated rings. The first-order valence-corrected chi connectivity index (χ1v) is 19.7. The Morgan fingerprint density at radius 3 is 1.19 bits per heavy atom. The largest absolute Gasteiger partial charge is 0.310 e. The highest BCUT2D eigenvalue weighted by Gasteiger charge is 2.51. The van der Waals surface area contributed by atoms with Gasteiger partial charge in [-0.05, 0) is 70.8 Å². The molecule has 2 aliphatic heterocycles. The fourth-order valence-electron chi connectivity index (χ4n) is 9.16. The molecule has 0 saturated heterocycles. The van der Waals surface area contributed by atoms with Crippen molar-refractivity contribution in [2.45, 2.75) is 5.41 Å². The summed E-state index contributed by atoms with van der Waals surface area (Å²) in [5, 5.41) is 10.9. The van der Waals surface area contributed by atoms with E-state index in [1.165, 1.54) is 11.1 Å². The molecule has 59 heavy (non-hydrogen) atoms. The van der Waals surface area contributed by atoms with E-state index < -0.39 is 5.41 Å². The molecule has 0 bridgehead atoms. The minimum absolute atomic E-state index is 0.423. The Bertz CT molecular complexity index is 2930. The smallest absolute Gasteiger partial charge is 0.167 e. The maximum Gasteiger partial charge on any atom is 0.167 e. The second kappa shape index (κ2) is 13.8. The quantitative estimate of drug-likeness (QED) is 0.174. The molecule has 0 aliphatic carbocycles. The van der Waals surface area contributed by atoms with E-state index >= 15 is 0 Å². The number of hydrogen-bond acceptors (Lipinski definition) is 6. The zero-order chi connectivity index (χ0) is 39.3. The Hall–Kier alpha value is -8.14. The zero-order valence-corrected chi connectivity index (χ0v) is 31.8. The SMILES string of the molecule is N#Cc1cccc(N2c3ccccc3C3(c4ccccc4N(c4ccccc4)c4ccccc43)c3ccccc32)c1-c1nc(-c2ccccc2)nc(-c2ccccc2)n1. The summed E-state index contributed by atoms with van der Waals surface area (Å²) in [4.78, 5) is 20.0. The van der Waals surface area contributed by atoms with Gasteiger partial charge in [0, 0.05) is 16.8 Å². The van der Waals surface area contributed by atoms with Gasteiger partial charge < -0.3 is 9.80 Å². The van der Waals surface area contributed by atoms with Gasteiger partial charge >= 0.3 is 0 Å². The highest BCUT2D eigenvalue weighted by atomic mass is 15.2. The number of hydrogen-bond donors (Lipinski definition) is 0. The molecular formula is C53H34N6. The van der Waals surface area contributed by atoms with E-state index in [0.717, 1.165) is 56.4 Å². The van der Waals surface area contributed by atoms with Crippen LogP contribution in [0.1, 0.15) is 27.8 Å². The number of rotatable bonds is 5. The highest BCUT2D eigenvalue weighted by molar-refractivity contribution is 5.99. The van der Waals surface area contributed by atoms with E-state index in [4.69, 9.17) is 15.0 Å². The van der Waals surface area contributed by atoms with Crippen molar-refractivity contribution >= 4 is 34.1 Å². The summed E-state index contributed by atoms with van der Waals surface area (Å²) in [5.74, 6) is 1.49. The van der Waals surface area contributed by atoms with Crippen LogP contribution < -0.4 is 9.80 Å². The first-order valence-electron chi connectivity index (χ1n) is 19.7. The topological polar surface area (TPSA) is 68.9 Å². The van der Waals surface area contributed by atoms with Gasteiger partial charge in [-0.15, -0.1) is 0 Å². The molecule has 0 unspecified atom stereocenters. The number of aromatic nitrogens is 3. The van der Waals surface area contributed by atoms with Gasteiger partial charge in [0.15, 0.2) is 17.5 Å². The third-order valence-electron chi connectivity index (χ3n) is 11.5. The van der Waals surface area contributed by atoms with E-state index in [0.29, 0.717) is 28.6 Å². The van der Waals surface area contributed by atoms with Crippen molar-refractivity contribution in [2.75, 3.05) is 9.80 Å². The third-order valence-corrected chi connectivity index (χ3v) is 11.5. The molecule has 0 amide bonds. The molecule has 1 spiro atoms. The van der Waals surface area contributed by atoms with Crippen molar-refractivity contribution in [1.82, 2.24) is 15.0 Å². The van der Waals surface area contributed by atoms with Crippen LogP contribution in [-0.4, -0.2) is 15.0 Å². The lowest BCUT2D eigenvalue weighted by Gasteiger charge is -2.51. The number of fused-ring (bicyclic) bond motifs is 8. The van der Waals surface area contributed by atoms with Gasteiger partial charge in [-0.2, -0.15) is 5.26 Å². The number of benzene rings is 8. The van der Waals surface area contributed by atoms with Crippen LogP contribution in [0.3, 0.4) is 0 Å². The van der Waals surface area contributed by atoms with Crippen molar-refractivity contribution in [3.05, 3.63) is 234 Å².